The fourth-order valence-corrected chi connectivity index (χ4v) is 3.31. The molecular weight excluding hydrogens is 371 g/mol. The van der Waals surface area contributed by atoms with E-state index in [1.165, 1.54) is 0 Å². The summed E-state index contributed by atoms with van der Waals surface area (Å²) in [5.74, 6) is -0.0394. The van der Waals surface area contributed by atoms with Crippen LogP contribution in [0.1, 0.15) is 28.8 Å². The van der Waals surface area contributed by atoms with Gasteiger partial charge in [0.25, 0.3) is 5.91 Å². The molecule has 0 aromatic heterocycles. The highest BCUT2D eigenvalue weighted by Gasteiger charge is 2.33. The molecular formula is C20H20Cl2N2O2. The van der Waals surface area contributed by atoms with Gasteiger partial charge in [0.1, 0.15) is 0 Å². The summed E-state index contributed by atoms with van der Waals surface area (Å²) in [6.07, 6.45) is 2.46. The standard InChI is InChI=1S/C20H20Cl2N2O2/c1-24(20(26)14-6-7-14)18-5-3-2-4-16(18)19(25)23-11-10-13-8-9-15(21)12-17(13)22/h2-5,8-9,12,14H,6-7,10-11H2,1H3,(H,23,25). The Balaban J connectivity index is 1.65. The normalized spacial score (nSPS) is 13.3. The lowest BCUT2D eigenvalue weighted by Gasteiger charge is -2.20. The summed E-state index contributed by atoms with van der Waals surface area (Å²) >= 11 is 12.1. The molecule has 3 rings (SSSR count). The Kier molecular flexibility index (Phi) is 5.84. The smallest absolute Gasteiger partial charge is 0.253 e. The Labute approximate surface area is 163 Å². The topological polar surface area (TPSA) is 49.4 Å². The van der Waals surface area contributed by atoms with Crippen molar-refractivity contribution in [2.75, 3.05) is 18.5 Å². The van der Waals surface area contributed by atoms with E-state index in [-0.39, 0.29) is 17.7 Å². The van der Waals surface area contributed by atoms with Gasteiger partial charge in [-0.2, -0.15) is 0 Å². The molecule has 1 N–H and O–H groups in total. The second-order valence-corrected chi connectivity index (χ2v) is 7.27. The number of para-hydroxylation sites is 1. The molecule has 0 bridgehead atoms. The summed E-state index contributed by atoms with van der Waals surface area (Å²) in [7, 11) is 1.72. The lowest BCUT2D eigenvalue weighted by molar-refractivity contribution is -0.119. The number of rotatable bonds is 6. The Morgan fingerprint density at radius 2 is 1.88 bits per heavy atom. The van der Waals surface area contributed by atoms with Crippen molar-refractivity contribution in [3.8, 4) is 0 Å². The third kappa shape index (κ3) is 4.37. The van der Waals surface area contributed by atoms with Crippen LogP contribution < -0.4 is 10.2 Å². The van der Waals surface area contributed by atoms with Crippen LogP contribution in [0, 0.1) is 5.92 Å². The summed E-state index contributed by atoms with van der Waals surface area (Å²) in [5, 5.41) is 4.07. The van der Waals surface area contributed by atoms with E-state index in [2.05, 4.69) is 5.32 Å². The van der Waals surface area contributed by atoms with Crippen LogP contribution in [-0.4, -0.2) is 25.4 Å². The molecule has 1 fully saturated rings. The molecule has 1 aliphatic carbocycles. The molecule has 26 heavy (non-hydrogen) atoms. The fraction of sp³-hybridized carbons (Fsp3) is 0.300. The Morgan fingerprint density at radius 1 is 1.15 bits per heavy atom. The summed E-state index contributed by atoms with van der Waals surface area (Å²) in [6.45, 7) is 0.439. The van der Waals surface area contributed by atoms with Gasteiger partial charge in [-0.25, -0.2) is 0 Å². The predicted molar refractivity (Wildman–Crippen MR) is 105 cm³/mol. The van der Waals surface area contributed by atoms with Crippen LogP contribution >= 0.6 is 23.2 Å². The number of nitrogens with zero attached hydrogens (tertiary/aromatic N) is 1. The monoisotopic (exact) mass is 390 g/mol. The van der Waals surface area contributed by atoms with Crippen LogP contribution in [0.3, 0.4) is 0 Å². The van der Waals surface area contributed by atoms with Crippen LogP contribution in [-0.2, 0) is 11.2 Å². The zero-order valence-electron chi connectivity index (χ0n) is 14.5. The van der Waals surface area contributed by atoms with Gasteiger partial charge in [0.2, 0.25) is 5.91 Å². The van der Waals surface area contributed by atoms with E-state index in [0.29, 0.717) is 34.3 Å². The second kappa shape index (κ2) is 8.11. The molecule has 0 radical (unpaired) electrons. The summed E-state index contributed by atoms with van der Waals surface area (Å²) < 4.78 is 0. The number of carbonyl (C=O) groups excluding carboxylic acids is 2. The van der Waals surface area contributed by atoms with Gasteiger partial charge in [0.05, 0.1) is 11.3 Å². The van der Waals surface area contributed by atoms with Crippen molar-refractivity contribution in [2.24, 2.45) is 5.92 Å². The number of carbonyl (C=O) groups is 2. The first-order valence-corrected chi connectivity index (χ1v) is 9.31. The predicted octanol–water partition coefficient (Wildman–Crippen LogP) is 4.34. The van der Waals surface area contributed by atoms with Gasteiger partial charge in [-0.15, -0.1) is 0 Å². The number of hydrogen-bond donors (Lipinski definition) is 1. The SMILES string of the molecule is CN(C(=O)C1CC1)c1ccccc1C(=O)NCCc1ccc(Cl)cc1Cl. The van der Waals surface area contributed by atoms with Crippen LogP contribution in [0.2, 0.25) is 10.0 Å². The van der Waals surface area contributed by atoms with Crippen molar-refractivity contribution in [3.05, 3.63) is 63.6 Å². The van der Waals surface area contributed by atoms with Gasteiger partial charge in [0, 0.05) is 29.6 Å². The molecule has 2 amide bonds. The van der Waals surface area contributed by atoms with Crippen molar-refractivity contribution in [1.82, 2.24) is 5.32 Å². The fourth-order valence-electron chi connectivity index (χ4n) is 2.81. The average Bonchev–Trinajstić information content (AvgIpc) is 3.47. The Hall–Kier alpha value is -2.04. The van der Waals surface area contributed by atoms with Gasteiger partial charge in [-0.1, -0.05) is 41.4 Å². The maximum Gasteiger partial charge on any atom is 0.253 e. The van der Waals surface area contributed by atoms with Crippen molar-refractivity contribution in [1.29, 1.82) is 0 Å². The van der Waals surface area contributed by atoms with Crippen molar-refractivity contribution < 1.29 is 9.59 Å². The molecule has 0 atom stereocenters. The minimum absolute atomic E-state index is 0.0678. The quantitative estimate of drug-likeness (QED) is 0.797. The molecule has 0 saturated heterocycles. The van der Waals surface area contributed by atoms with Gasteiger partial charge < -0.3 is 10.2 Å². The number of nitrogens with one attached hydrogen (secondary N) is 1. The first-order chi connectivity index (χ1) is 12.5. The number of amides is 2. The Bertz CT molecular complexity index is 834. The van der Waals surface area contributed by atoms with Gasteiger partial charge in [-0.3, -0.25) is 9.59 Å². The summed E-state index contributed by atoms with van der Waals surface area (Å²) in [5.41, 5.74) is 2.04. The van der Waals surface area contributed by atoms with Crippen molar-refractivity contribution in [3.63, 3.8) is 0 Å². The van der Waals surface area contributed by atoms with Gasteiger partial charge in [-0.05, 0) is 49.1 Å². The van der Waals surface area contributed by atoms with Crippen LogP contribution in [0.15, 0.2) is 42.5 Å². The van der Waals surface area contributed by atoms with E-state index in [9.17, 15) is 9.59 Å². The lowest BCUT2D eigenvalue weighted by Crippen LogP contribution is -2.32. The van der Waals surface area contributed by atoms with E-state index >= 15 is 0 Å². The first-order valence-electron chi connectivity index (χ1n) is 8.56. The number of halogens is 2. The van der Waals surface area contributed by atoms with Crippen LogP contribution in [0.25, 0.3) is 0 Å². The van der Waals surface area contributed by atoms with E-state index in [0.717, 1.165) is 18.4 Å². The molecule has 136 valence electrons. The summed E-state index contributed by atoms with van der Waals surface area (Å²) in [4.78, 5) is 26.5. The maximum absolute atomic E-state index is 12.6. The van der Waals surface area contributed by atoms with Gasteiger partial charge >= 0.3 is 0 Å². The highest BCUT2D eigenvalue weighted by Crippen LogP contribution is 2.33. The van der Waals surface area contributed by atoms with Gasteiger partial charge in [0.15, 0.2) is 0 Å². The highest BCUT2D eigenvalue weighted by molar-refractivity contribution is 6.35. The molecule has 4 nitrogen and oxygen atoms in total. The highest BCUT2D eigenvalue weighted by atomic mass is 35.5. The molecule has 1 aliphatic rings. The molecule has 2 aromatic rings. The molecule has 1 saturated carbocycles. The third-order valence-corrected chi connectivity index (χ3v) is 5.05. The number of hydrogen-bond acceptors (Lipinski definition) is 2. The minimum atomic E-state index is -0.207. The van der Waals surface area contributed by atoms with Crippen LogP contribution in [0.4, 0.5) is 5.69 Å². The van der Waals surface area contributed by atoms with E-state index in [4.69, 9.17) is 23.2 Å². The lowest BCUT2D eigenvalue weighted by atomic mass is 10.1. The first kappa shape index (κ1) is 18.7. The molecule has 0 aliphatic heterocycles. The van der Waals surface area contributed by atoms with Crippen molar-refractivity contribution >= 4 is 40.7 Å². The largest absolute Gasteiger partial charge is 0.352 e. The molecule has 0 spiro atoms. The second-order valence-electron chi connectivity index (χ2n) is 6.43. The average molecular weight is 391 g/mol. The summed E-state index contributed by atoms with van der Waals surface area (Å²) in [6, 6.07) is 12.5. The molecule has 0 heterocycles. The third-order valence-electron chi connectivity index (χ3n) is 4.46. The van der Waals surface area contributed by atoms with E-state index in [1.807, 2.05) is 12.1 Å². The van der Waals surface area contributed by atoms with E-state index in [1.54, 1.807) is 42.3 Å². The van der Waals surface area contributed by atoms with Crippen LogP contribution in [0.5, 0.6) is 0 Å². The zero-order chi connectivity index (χ0) is 18.7. The Morgan fingerprint density at radius 3 is 2.58 bits per heavy atom. The van der Waals surface area contributed by atoms with E-state index < -0.39 is 0 Å². The molecule has 2 aromatic carbocycles. The maximum atomic E-state index is 12.6. The number of benzene rings is 2. The zero-order valence-corrected chi connectivity index (χ0v) is 16.0. The van der Waals surface area contributed by atoms with Crippen molar-refractivity contribution in [2.45, 2.75) is 19.3 Å². The molecule has 6 heteroatoms. The minimum Gasteiger partial charge on any atom is -0.352 e. The molecule has 0 unspecified atom stereocenters. The number of anilines is 1.